The Bertz CT molecular complexity index is 240. The molecule has 0 fully saturated rings. The van der Waals surface area contributed by atoms with E-state index in [1.165, 1.54) is 0 Å². The number of nitrogens with zero attached hydrogens (tertiary/aromatic N) is 2. The fourth-order valence-electron chi connectivity index (χ4n) is 0.816. The number of hydrogen-bond acceptors (Lipinski definition) is 2. The van der Waals surface area contributed by atoms with Gasteiger partial charge in [-0.05, 0) is 26.3 Å². The highest BCUT2D eigenvalue weighted by atomic mass is 16.3. The van der Waals surface area contributed by atoms with Gasteiger partial charge in [0.15, 0.2) is 0 Å². The van der Waals surface area contributed by atoms with Crippen molar-refractivity contribution >= 4 is 0 Å². The van der Waals surface area contributed by atoms with Crippen LogP contribution in [0.5, 0.6) is 0 Å². The van der Waals surface area contributed by atoms with Crippen LogP contribution in [0.1, 0.15) is 19.4 Å². The molecule has 0 unspecified atom stereocenters. The summed E-state index contributed by atoms with van der Waals surface area (Å²) in [5, 5.41) is 13.1. The molecule has 0 aliphatic rings. The van der Waals surface area contributed by atoms with E-state index in [9.17, 15) is 0 Å². The van der Waals surface area contributed by atoms with Crippen LogP contribution in [0.2, 0.25) is 0 Å². The lowest BCUT2D eigenvalue weighted by atomic mass is 10.1. The molecule has 1 aromatic heterocycles. The lowest BCUT2D eigenvalue weighted by molar-refractivity contribution is 0.152. The standard InChI is InChI=1S/C8H14N2O/c1-7-4-9-10(5-7)8(2,3)6-11/h4-5,11H,6H2,1-3H3. The Morgan fingerprint density at radius 3 is 2.64 bits per heavy atom. The van der Waals surface area contributed by atoms with Crippen molar-refractivity contribution in [3.8, 4) is 0 Å². The smallest absolute Gasteiger partial charge is 0.0801 e. The topological polar surface area (TPSA) is 38.0 Å². The minimum Gasteiger partial charge on any atom is -0.394 e. The second kappa shape index (κ2) is 2.66. The Kier molecular flexibility index (Phi) is 2.00. The van der Waals surface area contributed by atoms with E-state index in [1.807, 2.05) is 27.0 Å². The van der Waals surface area contributed by atoms with E-state index in [0.717, 1.165) is 5.56 Å². The van der Waals surface area contributed by atoms with Gasteiger partial charge in [0.2, 0.25) is 0 Å². The monoisotopic (exact) mass is 154 g/mol. The summed E-state index contributed by atoms with van der Waals surface area (Å²) in [7, 11) is 0. The molecule has 0 radical (unpaired) electrons. The molecule has 62 valence electrons. The fraction of sp³-hybridized carbons (Fsp3) is 0.625. The highest BCUT2D eigenvalue weighted by Gasteiger charge is 2.18. The average Bonchev–Trinajstić information content (AvgIpc) is 2.36. The highest BCUT2D eigenvalue weighted by molar-refractivity contribution is 5.01. The Labute approximate surface area is 66.7 Å². The summed E-state index contributed by atoms with van der Waals surface area (Å²) in [6.07, 6.45) is 3.72. The first-order valence-corrected chi connectivity index (χ1v) is 3.69. The van der Waals surface area contributed by atoms with Crippen LogP contribution in [0, 0.1) is 6.92 Å². The van der Waals surface area contributed by atoms with Crippen LogP contribution >= 0.6 is 0 Å². The van der Waals surface area contributed by atoms with E-state index in [1.54, 1.807) is 10.9 Å². The molecule has 1 rings (SSSR count). The molecular formula is C8H14N2O. The quantitative estimate of drug-likeness (QED) is 0.687. The molecular weight excluding hydrogens is 140 g/mol. The highest BCUT2D eigenvalue weighted by Crippen LogP contribution is 2.12. The summed E-state index contributed by atoms with van der Waals surface area (Å²) in [6.45, 7) is 5.98. The Morgan fingerprint density at radius 1 is 1.64 bits per heavy atom. The summed E-state index contributed by atoms with van der Waals surface area (Å²) in [5.41, 5.74) is 0.834. The maximum atomic E-state index is 9.00. The van der Waals surface area contributed by atoms with E-state index in [2.05, 4.69) is 5.10 Å². The summed E-state index contributed by atoms with van der Waals surface area (Å²) < 4.78 is 1.78. The third kappa shape index (κ3) is 1.60. The summed E-state index contributed by atoms with van der Waals surface area (Å²) in [6, 6.07) is 0. The SMILES string of the molecule is Cc1cnn(C(C)(C)CO)c1. The second-order valence-electron chi connectivity index (χ2n) is 3.43. The molecule has 11 heavy (non-hydrogen) atoms. The van der Waals surface area contributed by atoms with Gasteiger partial charge in [-0.15, -0.1) is 0 Å². The van der Waals surface area contributed by atoms with Gasteiger partial charge in [0, 0.05) is 6.20 Å². The maximum Gasteiger partial charge on any atom is 0.0801 e. The van der Waals surface area contributed by atoms with Gasteiger partial charge in [-0.25, -0.2) is 0 Å². The zero-order chi connectivity index (χ0) is 8.48. The van der Waals surface area contributed by atoms with Crippen molar-refractivity contribution in [2.45, 2.75) is 26.3 Å². The lowest BCUT2D eigenvalue weighted by Crippen LogP contribution is -2.30. The molecule has 0 aromatic carbocycles. The first kappa shape index (κ1) is 8.27. The van der Waals surface area contributed by atoms with Crippen LogP contribution in [0.25, 0.3) is 0 Å². The van der Waals surface area contributed by atoms with Crippen LogP contribution in [0.15, 0.2) is 12.4 Å². The summed E-state index contributed by atoms with van der Waals surface area (Å²) >= 11 is 0. The molecule has 1 N–H and O–H groups in total. The van der Waals surface area contributed by atoms with Gasteiger partial charge < -0.3 is 5.11 Å². The van der Waals surface area contributed by atoms with Crippen molar-refractivity contribution in [2.24, 2.45) is 0 Å². The molecule has 0 saturated carbocycles. The molecule has 0 amide bonds. The van der Waals surface area contributed by atoms with Crippen molar-refractivity contribution in [1.29, 1.82) is 0 Å². The second-order valence-corrected chi connectivity index (χ2v) is 3.43. The largest absolute Gasteiger partial charge is 0.394 e. The van der Waals surface area contributed by atoms with E-state index in [-0.39, 0.29) is 12.1 Å². The van der Waals surface area contributed by atoms with Crippen LogP contribution in [0.3, 0.4) is 0 Å². The Morgan fingerprint density at radius 2 is 2.27 bits per heavy atom. The van der Waals surface area contributed by atoms with Gasteiger partial charge in [-0.3, -0.25) is 4.68 Å². The van der Waals surface area contributed by atoms with Gasteiger partial charge in [0.25, 0.3) is 0 Å². The molecule has 3 nitrogen and oxygen atoms in total. The first-order valence-electron chi connectivity index (χ1n) is 3.69. The van der Waals surface area contributed by atoms with Crippen LogP contribution < -0.4 is 0 Å². The van der Waals surface area contributed by atoms with Crippen LogP contribution in [-0.4, -0.2) is 21.5 Å². The minimum absolute atomic E-state index is 0.105. The number of aliphatic hydroxyl groups excluding tert-OH is 1. The predicted octanol–water partition coefficient (Wildman–Crippen LogP) is 0.919. The number of rotatable bonds is 2. The first-order chi connectivity index (χ1) is 5.06. The zero-order valence-electron chi connectivity index (χ0n) is 7.20. The zero-order valence-corrected chi connectivity index (χ0v) is 7.20. The van der Waals surface area contributed by atoms with Crippen molar-refractivity contribution in [3.05, 3.63) is 18.0 Å². The normalized spacial score (nSPS) is 12.0. The number of aliphatic hydroxyl groups is 1. The van der Waals surface area contributed by atoms with Gasteiger partial charge >= 0.3 is 0 Å². The molecule has 3 heteroatoms. The van der Waals surface area contributed by atoms with Crippen LogP contribution in [-0.2, 0) is 5.54 Å². The predicted molar refractivity (Wildman–Crippen MR) is 43.4 cm³/mol. The molecule has 0 spiro atoms. The molecule has 0 saturated heterocycles. The molecule has 1 aromatic rings. The fourth-order valence-corrected chi connectivity index (χ4v) is 0.816. The van der Waals surface area contributed by atoms with E-state index < -0.39 is 0 Å². The number of aryl methyl sites for hydroxylation is 1. The molecule has 0 atom stereocenters. The molecule has 0 aliphatic heterocycles. The van der Waals surface area contributed by atoms with Crippen molar-refractivity contribution in [3.63, 3.8) is 0 Å². The molecule has 1 heterocycles. The molecule has 0 aliphatic carbocycles. The van der Waals surface area contributed by atoms with Gasteiger partial charge in [0.1, 0.15) is 0 Å². The summed E-state index contributed by atoms with van der Waals surface area (Å²) in [4.78, 5) is 0. The lowest BCUT2D eigenvalue weighted by Gasteiger charge is -2.21. The van der Waals surface area contributed by atoms with Gasteiger partial charge in [-0.1, -0.05) is 0 Å². The molecule has 0 bridgehead atoms. The third-order valence-corrected chi connectivity index (χ3v) is 1.72. The van der Waals surface area contributed by atoms with E-state index in [0.29, 0.717) is 0 Å². The minimum atomic E-state index is -0.283. The van der Waals surface area contributed by atoms with Crippen molar-refractivity contribution in [1.82, 2.24) is 9.78 Å². The van der Waals surface area contributed by atoms with Crippen LogP contribution in [0.4, 0.5) is 0 Å². The third-order valence-electron chi connectivity index (χ3n) is 1.72. The van der Waals surface area contributed by atoms with Gasteiger partial charge in [0.05, 0.1) is 18.3 Å². The Hall–Kier alpha value is -0.830. The van der Waals surface area contributed by atoms with E-state index >= 15 is 0 Å². The number of aromatic nitrogens is 2. The maximum absolute atomic E-state index is 9.00. The van der Waals surface area contributed by atoms with Gasteiger partial charge in [-0.2, -0.15) is 5.10 Å². The van der Waals surface area contributed by atoms with Crippen molar-refractivity contribution in [2.75, 3.05) is 6.61 Å². The van der Waals surface area contributed by atoms with E-state index in [4.69, 9.17) is 5.11 Å². The van der Waals surface area contributed by atoms with Crippen molar-refractivity contribution < 1.29 is 5.11 Å². The average molecular weight is 154 g/mol. The number of hydrogen-bond donors (Lipinski definition) is 1. The Balaban J connectivity index is 2.92. The summed E-state index contributed by atoms with van der Waals surface area (Å²) in [5.74, 6) is 0.